The summed E-state index contributed by atoms with van der Waals surface area (Å²) in [6.07, 6.45) is 2.64. The molecule has 0 radical (unpaired) electrons. The second kappa shape index (κ2) is 3.12. The van der Waals surface area contributed by atoms with E-state index in [1.165, 1.54) is 23.9 Å². The van der Waals surface area contributed by atoms with Crippen LogP contribution in [0.2, 0.25) is 0 Å². The number of benzene rings is 1. The van der Waals surface area contributed by atoms with E-state index in [2.05, 4.69) is 50.8 Å². The van der Waals surface area contributed by atoms with Gasteiger partial charge in [-0.1, -0.05) is 15.9 Å². The summed E-state index contributed by atoms with van der Waals surface area (Å²) in [6.45, 7) is 2.08. The molecule has 0 N–H and O–H groups in total. The lowest BCUT2D eigenvalue weighted by Crippen LogP contribution is -2.42. The number of fused-ring (bicyclic) bond motifs is 3. The maximum atomic E-state index is 4.73. The number of aromatic nitrogens is 2. The Balaban J connectivity index is 1.93. The summed E-state index contributed by atoms with van der Waals surface area (Å²) >= 11 is 3.54. The molecule has 4 heteroatoms. The first-order valence-electron chi connectivity index (χ1n) is 6.04. The molecule has 2 heterocycles. The van der Waals surface area contributed by atoms with E-state index in [9.17, 15) is 0 Å². The predicted molar refractivity (Wildman–Crippen MR) is 70.9 cm³/mol. The Morgan fingerprint density at radius 1 is 1.35 bits per heavy atom. The molecule has 1 saturated carbocycles. The summed E-state index contributed by atoms with van der Waals surface area (Å²) in [7, 11) is 2.24. The molecule has 3 nitrogen and oxygen atoms in total. The fraction of sp³-hybridized carbons (Fsp3) is 0.462. The molecule has 1 aliphatic carbocycles. The van der Waals surface area contributed by atoms with Gasteiger partial charge in [-0.3, -0.25) is 9.58 Å². The van der Waals surface area contributed by atoms with Gasteiger partial charge in [-0.05, 0) is 38.1 Å². The monoisotopic (exact) mass is 291 g/mol. The molecule has 0 atom stereocenters. The lowest BCUT2D eigenvalue weighted by Gasteiger charge is -2.33. The van der Waals surface area contributed by atoms with Crippen LogP contribution in [0.1, 0.15) is 18.5 Å². The summed E-state index contributed by atoms with van der Waals surface area (Å²) < 4.78 is 3.36. The molecule has 1 spiro atoms. The highest BCUT2D eigenvalue weighted by atomic mass is 79.9. The van der Waals surface area contributed by atoms with Crippen LogP contribution in [0, 0.1) is 0 Å². The van der Waals surface area contributed by atoms with Crippen LogP contribution in [0.5, 0.6) is 0 Å². The van der Waals surface area contributed by atoms with Crippen molar-refractivity contribution in [3.8, 4) is 0 Å². The van der Waals surface area contributed by atoms with Gasteiger partial charge in [0.2, 0.25) is 0 Å². The molecular weight excluding hydrogens is 278 g/mol. The van der Waals surface area contributed by atoms with Crippen LogP contribution in [0.3, 0.4) is 0 Å². The quantitative estimate of drug-likeness (QED) is 0.744. The molecule has 88 valence electrons. The van der Waals surface area contributed by atoms with E-state index in [0.29, 0.717) is 5.54 Å². The third kappa shape index (κ3) is 1.34. The molecule has 0 unspecified atom stereocenters. The van der Waals surface area contributed by atoms with Gasteiger partial charge in [-0.25, -0.2) is 0 Å². The fourth-order valence-corrected chi connectivity index (χ4v) is 3.29. The maximum Gasteiger partial charge on any atom is 0.0927 e. The van der Waals surface area contributed by atoms with Gasteiger partial charge >= 0.3 is 0 Å². The van der Waals surface area contributed by atoms with Crippen molar-refractivity contribution >= 4 is 26.8 Å². The summed E-state index contributed by atoms with van der Waals surface area (Å²) in [5.74, 6) is 0. The minimum Gasteiger partial charge on any atom is -0.293 e. The predicted octanol–water partition coefficient (Wildman–Crippen LogP) is 2.78. The first-order valence-corrected chi connectivity index (χ1v) is 6.83. The second-order valence-electron chi connectivity index (χ2n) is 5.35. The van der Waals surface area contributed by atoms with Gasteiger partial charge in [-0.15, -0.1) is 0 Å². The van der Waals surface area contributed by atoms with Crippen LogP contribution in [-0.2, 0) is 13.1 Å². The SMILES string of the molecule is CN1Cc2c3cc(Br)ccc3nn2CC12CC2. The van der Waals surface area contributed by atoms with Gasteiger partial charge < -0.3 is 0 Å². The van der Waals surface area contributed by atoms with Crippen molar-refractivity contribution in [2.75, 3.05) is 7.05 Å². The Hall–Kier alpha value is -0.870. The summed E-state index contributed by atoms with van der Waals surface area (Å²) in [4.78, 5) is 2.50. The highest BCUT2D eigenvalue weighted by molar-refractivity contribution is 9.10. The summed E-state index contributed by atoms with van der Waals surface area (Å²) in [5, 5.41) is 6.03. The van der Waals surface area contributed by atoms with E-state index in [-0.39, 0.29) is 0 Å². The highest BCUT2D eigenvalue weighted by Gasteiger charge is 2.49. The zero-order valence-electron chi connectivity index (χ0n) is 9.78. The topological polar surface area (TPSA) is 21.1 Å². The van der Waals surface area contributed by atoms with Crippen molar-refractivity contribution in [2.24, 2.45) is 0 Å². The molecule has 1 aromatic carbocycles. The van der Waals surface area contributed by atoms with E-state index in [1.54, 1.807) is 0 Å². The smallest absolute Gasteiger partial charge is 0.0927 e. The Labute approximate surface area is 109 Å². The molecule has 0 saturated heterocycles. The molecule has 0 amide bonds. The van der Waals surface area contributed by atoms with E-state index in [1.807, 2.05) is 0 Å². The number of hydrogen-bond donors (Lipinski definition) is 0. The van der Waals surface area contributed by atoms with Crippen LogP contribution in [-0.4, -0.2) is 27.3 Å². The molecule has 17 heavy (non-hydrogen) atoms. The van der Waals surface area contributed by atoms with Crippen LogP contribution in [0.25, 0.3) is 10.9 Å². The Bertz CT molecular complexity index is 612. The van der Waals surface area contributed by atoms with Gasteiger partial charge in [0.05, 0.1) is 17.8 Å². The van der Waals surface area contributed by atoms with Crippen molar-refractivity contribution in [1.82, 2.24) is 14.7 Å². The molecule has 0 bridgehead atoms. The van der Waals surface area contributed by atoms with Crippen molar-refractivity contribution < 1.29 is 0 Å². The maximum absolute atomic E-state index is 4.73. The normalized spacial score (nSPS) is 22.0. The van der Waals surface area contributed by atoms with Gasteiger partial charge in [0.15, 0.2) is 0 Å². The van der Waals surface area contributed by atoms with Crippen molar-refractivity contribution in [3.63, 3.8) is 0 Å². The van der Waals surface area contributed by atoms with Crippen LogP contribution in [0.15, 0.2) is 22.7 Å². The summed E-state index contributed by atoms with van der Waals surface area (Å²) in [5.41, 5.74) is 2.90. The number of halogens is 1. The third-order valence-electron chi connectivity index (χ3n) is 4.28. The average molecular weight is 292 g/mol. The van der Waals surface area contributed by atoms with Gasteiger partial charge in [0.1, 0.15) is 0 Å². The number of rotatable bonds is 0. The Kier molecular flexibility index (Phi) is 1.85. The minimum absolute atomic E-state index is 0.423. The lowest BCUT2D eigenvalue weighted by atomic mass is 10.1. The first-order chi connectivity index (χ1) is 8.18. The van der Waals surface area contributed by atoms with Crippen LogP contribution < -0.4 is 0 Å². The molecule has 1 aliphatic heterocycles. The largest absolute Gasteiger partial charge is 0.293 e. The molecular formula is C13H14BrN3. The number of likely N-dealkylation sites (N-methyl/N-ethyl adjacent to an activating group) is 1. The van der Waals surface area contributed by atoms with Crippen molar-refractivity contribution in [2.45, 2.75) is 31.5 Å². The molecule has 2 aliphatic rings. The third-order valence-corrected chi connectivity index (χ3v) is 4.77. The van der Waals surface area contributed by atoms with E-state index < -0.39 is 0 Å². The van der Waals surface area contributed by atoms with E-state index in [4.69, 9.17) is 5.10 Å². The molecule has 2 aromatic rings. The van der Waals surface area contributed by atoms with Crippen molar-refractivity contribution in [1.29, 1.82) is 0 Å². The van der Waals surface area contributed by atoms with Crippen LogP contribution in [0.4, 0.5) is 0 Å². The number of nitrogens with zero attached hydrogens (tertiary/aromatic N) is 3. The second-order valence-corrected chi connectivity index (χ2v) is 6.26. The Morgan fingerprint density at radius 3 is 2.94 bits per heavy atom. The van der Waals surface area contributed by atoms with E-state index >= 15 is 0 Å². The zero-order chi connectivity index (χ0) is 11.6. The average Bonchev–Trinajstić information content (AvgIpc) is 2.99. The number of hydrogen-bond acceptors (Lipinski definition) is 2. The van der Waals surface area contributed by atoms with Gasteiger partial charge in [-0.2, -0.15) is 5.10 Å². The first kappa shape index (κ1) is 10.1. The summed E-state index contributed by atoms with van der Waals surface area (Å²) in [6, 6.07) is 6.36. The minimum atomic E-state index is 0.423. The lowest BCUT2D eigenvalue weighted by molar-refractivity contribution is 0.149. The molecule has 4 rings (SSSR count). The zero-order valence-corrected chi connectivity index (χ0v) is 11.4. The highest BCUT2D eigenvalue weighted by Crippen LogP contribution is 2.46. The van der Waals surface area contributed by atoms with Gasteiger partial charge in [0, 0.05) is 21.9 Å². The van der Waals surface area contributed by atoms with Crippen molar-refractivity contribution in [3.05, 3.63) is 28.4 Å². The van der Waals surface area contributed by atoms with Crippen LogP contribution >= 0.6 is 15.9 Å². The van der Waals surface area contributed by atoms with E-state index in [0.717, 1.165) is 23.1 Å². The Morgan fingerprint density at radius 2 is 2.18 bits per heavy atom. The molecule has 1 fully saturated rings. The standard InChI is InChI=1S/C13H14BrN3/c1-16-7-12-10-6-9(14)2-3-11(10)15-17(12)8-13(16)4-5-13/h2-3,6H,4-5,7-8H2,1H3. The van der Waals surface area contributed by atoms with Gasteiger partial charge in [0.25, 0.3) is 0 Å². The molecule has 1 aromatic heterocycles. The fourth-order valence-electron chi connectivity index (χ4n) is 2.93.